The molecule has 0 aliphatic carbocycles. The lowest BCUT2D eigenvalue weighted by molar-refractivity contribution is 1.14. The van der Waals surface area contributed by atoms with Crippen molar-refractivity contribution in [3.05, 3.63) is 72.9 Å². The summed E-state index contributed by atoms with van der Waals surface area (Å²) in [5.41, 5.74) is 3.20. The lowest BCUT2D eigenvalue weighted by atomic mass is 10.1. The molecule has 0 bridgehead atoms. The number of thiazole rings is 1. The van der Waals surface area contributed by atoms with Gasteiger partial charge in [-0.15, -0.1) is 11.3 Å². The Bertz CT molecular complexity index is 785. The average Bonchev–Trinajstić information content (AvgIpc) is 2.92. The second-order valence-electron chi connectivity index (χ2n) is 4.53. The quantitative estimate of drug-likeness (QED) is 0.492. The summed E-state index contributed by atoms with van der Waals surface area (Å²) in [4.78, 5) is 4.70. The zero-order chi connectivity index (χ0) is 14.8. The highest BCUT2D eigenvalue weighted by Gasteiger charge is 2.08. The molecule has 0 aliphatic heterocycles. The van der Waals surface area contributed by atoms with E-state index in [-0.39, 0.29) is 0 Å². The molecule has 0 amide bonds. The lowest BCUT2D eigenvalue weighted by Crippen LogP contribution is -1.88. The summed E-state index contributed by atoms with van der Waals surface area (Å²) in [5, 5.41) is 4.29. The molecule has 3 aromatic rings. The largest absolute Gasteiger partial charge is 0.241 e. The maximum atomic E-state index is 6.05. The highest BCUT2D eigenvalue weighted by atomic mass is 79.9. The van der Waals surface area contributed by atoms with E-state index in [1.165, 1.54) is 0 Å². The van der Waals surface area contributed by atoms with Crippen molar-refractivity contribution < 1.29 is 0 Å². The predicted molar refractivity (Wildman–Crippen MR) is 94.5 cm³/mol. The third kappa shape index (κ3) is 3.49. The van der Waals surface area contributed by atoms with Crippen LogP contribution in [0.5, 0.6) is 0 Å². The van der Waals surface area contributed by atoms with E-state index in [9.17, 15) is 0 Å². The second-order valence-corrected chi connectivity index (χ2v) is 7.14. The smallest absolute Gasteiger partial charge is 0.0976 e. The molecule has 0 atom stereocenters. The molecule has 0 N–H and O–H groups in total. The number of hydrogen-bond donors (Lipinski definition) is 0. The van der Waals surface area contributed by atoms with Gasteiger partial charge in [0.25, 0.3) is 0 Å². The average molecular weight is 399 g/mol. The number of benzene rings is 2. The van der Waals surface area contributed by atoms with E-state index in [1.54, 1.807) is 11.3 Å². The summed E-state index contributed by atoms with van der Waals surface area (Å²) >= 11 is 17.2. The fourth-order valence-corrected chi connectivity index (χ4v) is 3.65. The minimum Gasteiger partial charge on any atom is -0.241 e. The third-order valence-electron chi connectivity index (χ3n) is 3.04. The van der Waals surface area contributed by atoms with E-state index in [2.05, 4.69) is 27.4 Å². The maximum Gasteiger partial charge on any atom is 0.0976 e. The molecule has 2 aromatic carbocycles. The van der Waals surface area contributed by atoms with Gasteiger partial charge in [-0.25, -0.2) is 4.98 Å². The highest BCUT2D eigenvalue weighted by molar-refractivity contribution is 9.10. The van der Waals surface area contributed by atoms with Gasteiger partial charge in [0.1, 0.15) is 0 Å². The van der Waals surface area contributed by atoms with Crippen molar-refractivity contribution in [3.63, 3.8) is 0 Å². The summed E-state index contributed by atoms with van der Waals surface area (Å²) < 4.78 is 1.05. The minimum atomic E-state index is 0.577. The predicted octanol–water partition coefficient (Wildman–Crippen LogP) is 6.47. The van der Waals surface area contributed by atoms with Crippen LogP contribution in [0.1, 0.15) is 10.6 Å². The first-order valence-corrected chi connectivity index (χ1v) is 8.69. The molecule has 1 heterocycles. The molecule has 3 rings (SSSR count). The van der Waals surface area contributed by atoms with E-state index >= 15 is 0 Å². The molecule has 0 radical (unpaired) electrons. The van der Waals surface area contributed by atoms with Crippen LogP contribution < -0.4 is 0 Å². The second kappa shape index (κ2) is 6.49. The number of aromatic nitrogens is 1. The number of nitrogens with zero attached hydrogens (tertiary/aromatic N) is 1. The maximum absolute atomic E-state index is 6.05. The van der Waals surface area contributed by atoms with Gasteiger partial charge in [0, 0.05) is 21.8 Å². The van der Waals surface area contributed by atoms with Gasteiger partial charge >= 0.3 is 0 Å². The lowest BCUT2D eigenvalue weighted by Gasteiger charge is -2.01. The van der Waals surface area contributed by atoms with Crippen molar-refractivity contribution in [3.8, 4) is 11.3 Å². The Kier molecular flexibility index (Phi) is 4.65. The first-order chi connectivity index (χ1) is 10.1. The van der Waals surface area contributed by atoms with Crippen LogP contribution >= 0.6 is 50.5 Å². The van der Waals surface area contributed by atoms with Crippen LogP contribution in [0.25, 0.3) is 11.3 Å². The zero-order valence-electron chi connectivity index (χ0n) is 10.8. The van der Waals surface area contributed by atoms with Crippen molar-refractivity contribution in [2.24, 2.45) is 0 Å². The Hall–Kier alpha value is -0.870. The Morgan fingerprint density at radius 1 is 1.05 bits per heavy atom. The van der Waals surface area contributed by atoms with Gasteiger partial charge in [-0.2, -0.15) is 0 Å². The minimum absolute atomic E-state index is 0.577. The number of hydrogen-bond acceptors (Lipinski definition) is 2. The number of halogens is 3. The van der Waals surface area contributed by atoms with Crippen LogP contribution in [0.4, 0.5) is 0 Å². The first-order valence-electron chi connectivity index (χ1n) is 6.27. The summed E-state index contributed by atoms with van der Waals surface area (Å²) in [5.74, 6) is 0. The summed E-state index contributed by atoms with van der Waals surface area (Å²) in [6.07, 6.45) is 0.756. The Morgan fingerprint density at radius 2 is 1.86 bits per heavy atom. The number of rotatable bonds is 3. The van der Waals surface area contributed by atoms with Gasteiger partial charge in [-0.3, -0.25) is 0 Å². The van der Waals surface area contributed by atoms with Crippen molar-refractivity contribution in [1.29, 1.82) is 0 Å². The van der Waals surface area contributed by atoms with Crippen molar-refractivity contribution >= 4 is 50.5 Å². The monoisotopic (exact) mass is 397 g/mol. The van der Waals surface area contributed by atoms with E-state index < -0.39 is 0 Å². The van der Waals surface area contributed by atoms with Crippen molar-refractivity contribution in [2.45, 2.75) is 6.42 Å². The first kappa shape index (κ1) is 15.0. The molecular weight excluding hydrogens is 389 g/mol. The van der Waals surface area contributed by atoms with E-state index in [0.29, 0.717) is 10.0 Å². The van der Waals surface area contributed by atoms with Crippen LogP contribution in [0, 0.1) is 0 Å². The Balaban J connectivity index is 1.85. The van der Waals surface area contributed by atoms with E-state index in [1.807, 2.05) is 36.4 Å². The molecule has 0 fully saturated rings. The van der Waals surface area contributed by atoms with Gasteiger partial charge in [0.05, 0.1) is 20.7 Å². The van der Waals surface area contributed by atoms with Crippen molar-refractivity contribution in [1.82, 2.24) is 4.98 Å². The van der Waals surface area contributed by atoms with Crippen LogP contribution in [0.2, 0.25) is 10.0 Å². The summed E-state index contributed by atoms with van der Waals surface area (Å²) in [6, 6.07) is 13.8. The molecule has 0 aliphatic rings. The van der Waals surface area contributed by atoms with E-state index in [0.717, 1.165) is 32.7 Å². The van der Waals surface area contributed by atoms with Gasteiger partial charge in [-0.1, -0.05) is 63.4 Å². The molecule has 0 unspecified atom stereocenters. The Labute approximate surface area is 145 Å². The van der Waals surface area contributed by atoms with Crippen LogP contribution in [-0.4, -0.2) is 4.98 Å². The van der Waals surface area contributed by atoms with Crippen LogP contribution in [0.15, 0.2) is 52.3 Å². The van der Waals surface area contributed by atoms with E-state index in [4.69, 9.17) is 28.2 Å². The molecule has 5 heteroatoms. The van der Waals surface area contributed by atoms with Gasteiger partial charge in [-0.05, 0) is 23.8 Å². The summed E-state index contributed by atoms with van der Waals surface area (Å²) in [7, 11) is 0. The van der Waals surface area contributed by atoms with Gasteiger partial charge in [0.15, 0.2) is 0 Å². The third-order valence-corrected chi connectivity index (χ3v) is 5.32. The fraction of sp³-hybridized carbons (Fsp3) is 0.0625. The molecule has 1 aromatic heterocycles. The standard InChI is InChI=1S/C16H10BrCl2NS/c17-12-4-2-1-3-11(12)15-9-21-16(20-15)8-10-5-6-13(18)14(19)7-10/h1-7,9H,8H2. The topological polar surface area (TPSA) is 12.9 Å². The van der Waals surface area contributed by atoms with Gasteiger partial charge < -0.3 is 0 Å². The van der Waals surface area contributed by atoms with Crippen LogP contribution in [0.3, 0.4) is 0 Å². The summed E-state index contributed by atoms with van der Waals surface area (Å²) in [6.45, 7) is 0. The van der Waals surface area contributed by atoms with Gasteiger partial charge in [0.2, 0.25) is 0 Å². The fourth-order valence-electron chi connectivity index (χ4n) is 2.01. The Morgan fingerprint density at radius 3 is 2.62 bits per heavy atom. The highest BCUT2D eigenvalue weighted by Crippen LogP contribution is 2.30. The normalized spacial score (nSPS) is 10.8. The molecule has 1 nitrogen and oxygen atoms in total. The zero-order valence-corrected chi connectivity index (χ0v) is 14.7. The molecule has 0 saturated carbocycles. The van der Waals surface area contributed by atoms with Crippen LogP contribution in [-0.2, 0) is 6.42 Å². The molecule has 0 spiro atoms. The molecular formula is C16H10BrCl2NS. The SMILES string of the molecule is Clc1ccc(Cc2nc(-c3ccccc3Br)cs2)cc1Cl. The van der Waals surface area contributed by atoms with Crippen molar-refractivity contribution in [2.75, 3.05) is 0 Å². The molecule has 21 heavy (non-hydrogen) atoms. The molecule has 106 valence electrons. The molecule has 0 saturated heterocycles.